The largest absolute Gasteiger partial charge is 0.416 e. The lowest BCUT2D eigenvalue weighted by Gasteiger charge is -2.34. The second kappa shape index (κ2) is 9.13. The Kier molecular flexibility index (Phi) is 6.26. The van der Waals surface area contributed by atoms with Gasteiger partial charge in [-0.05, 0) is 43.2 Å². The van der Waals surface area contributed by atoms with E-state index < -0.39 is 23.6 Å². The average molecular weight is 460 g/mol. The number of hydrogen-bond donors (Lipinski definition) is 2. The number of nitrogens with zero attached hydrogens (tertiary/aromatic N) is 2. The van der Waals surface area contributed by atoms with Gasteiger partial charge in [0.1, 0.15) is 0 Å². The molecule has 7 nitrogen and oxygen atoms in total. The van der Waals surface area contributed by atoms with Crippen LogP contribution in [0.25, 0.3) is 0 Å². The van der Waals surface area contributed by atoms with Gasteiger partial charge in [-0.3, -0.25) is 14.4 Å². The van der Waals surface area contributed by atoms with Crippen LogP contribution in [0.5, 0.6) is 0 Å². The van der Waals surface area contributed by atoms with Gasteiger partial charge in [0.15, 0.2) is 0 Å². The van der Waals surface area contributed by atoms with Crippen molar-refractivity contribution in [2.45, 2.75) is 25.1 Å². The molecule has 2 aliphatic rings. The number of benzene rings is 2. The molecular weight excluding hydrogens is 437 g/mol. The lowest BCUT2D eigenvalue weighted by atomic mass is 10.1. The molecule has 1 saturated heterocycles. The maximum atomic E-state index is 13.1. The molecule has 0 radical (unpaired) electrons. The van der Waals surface area contributed by atoms with Crippen LogP contribution < -0.4 is 10.6 Å². The molecule has 0 atom stereocenters. The Morgan fingerprint density at radius 3 is 2.21 bits per heavy atom. The van der Waals surface area contributed by atoms with Crippen molar-refractivity contribution in [2.75, 3.05) is 31.5 Å². The summed E-state index contributed by atoms with van der Waals surface area (Å²) in [5.41, 5.74) is 0.107. The summed E-state index contributed by atoms with van der Waals surface area (Å²) in [6.07, 6.45) is -2.70. The van der Waals surface area contributed by atoms with Gasteiger partial charge in [-0.15, -0.1) is 0 Å². The first-order valence-corrected chi connectivity index (χ1v) is 10.6. The zero-order valence-corrected chi connectivity index (χ0v) is 17.7. The van der Waals surface area contributed by atoms with Crippen LogP contribution in [0.15, 0.2) is 48.5 Å². The number of nitrogens with one attached hydrogen (secondary N) is 2. The number of halogens is 3. The normalized spacial score (nSPS) is 16.3. The van der Waals surface area contributed by atoms with E-state index >= 15 is 0 Å². The van der Waals surface area contributed by atoms with E-state index in [4.69, 9.17) is 0 Å². The van der Waals surface area contributed by atoms with Crippen LogP contribution in [0.1, 0.15) is 28.8 Å². The van der Waals surface area contributed by atoms with E-state index in [1.165, 1.54) is 17.0 Å². The number of carbonyl (C=O) groups is 3. The molecule has 2 fully saturated rings. The first-order valence-electron chi connectivity index (χ1n) is 10.6. The molecule has 0 bridgehead atoms. The number of anilines is 2. The maximum Gasteiger partial charge on any atom is 0.416 e. The number of amides is 3. The van der Waals surface area contributed by atoms with Gasteiger partial charge in [0, 0.05) is 37.9 Å². The highest BCUT2D eigenvalue weighted by atomic mass is 19.4. The molecule has 0 spiro atoms. The summed E-state index contributed by atoms with van der Waals surface area (Å²) in [7, 11) is 0. The second-order valence-corrected chi connectivity index (χ2v) is 8.08. The van der Waals surface area contributed by atoms with Crippen molar-refractivity contribution < 1.29 is 27.6 Å². The quantitative estimate of drug-likeness (QED) is 0.688. The van der Waals surface area contributed by atoms with E-state index in [9.17, 15) is 27.6 Å². The predicted molar refractivity (Wildman–Crippen MR) is 115 cm³/mol. The highest BCUT2D eigenvalue weighted by Crippen LogP contribution is 2.32. The summed E-state index contributed by atoms with van der Waals surface area (Å²) >= 11 is 0. The number of rotatable bonds is 4. The Hall–Kier alpha value is -3.56. The molecule has 4 rings (SSSR count). The molecule has 1 aliphatic heterocycles. The topological polar surface area (TPSA) is 81.8 Å². The molecule has 2 aromatic rings. The minimum absolute atomic E-state index is 0.0881. The lowest BCUT2D eigenvalue weighted by Crippen LogP contribution is -2.54. The van der Waals surface area contributed by atoms with E-state index in [2.05, 4.69) is 10.6 Å². The summed E-state index contributed by atoms with van der Waals surface area (Å²) in [5, 5.41) is 5.57. The number of carbonyl (C=O) groups excluding carboxylic acids is 3. The summed E-state index contributed by atoms with van der Waals surface area (Å²) in [6.45, 7) is 0.954. The third-order valence-electron chi connectivity index (χ3n) is 5.59. The lowest BCUT2D eigenvalue weighted by molar-refractivity contribution is -0.146. The molecule has 174 valence electrons. The Morgan fingerprint density at radius 1 is 0.879 bits per heavy atom. The van der Waals surface area contributed by atoms with Crippen molar-refractivity contribution in [3.8, 4) is 0 Å². The van der Waals surface area contributed by atoms with Crippen LogP contribution in [0.4, 0.5) is 24.5 Å². The molecule has 1 aliphatic carbocycles. The molecule has 3 amide bonds. The van der Waals surface area contributed by atoms with Gasteiger partial charge >= 0.3 is 18.0 Å². The molecule has 1 saturated carbocycles. The molecule has 10 heteroatoms. The minimum atomic E-state index is -4.47. The van der Waals surface area contributed by atoms with Crippen molar-refractivity contribution in [3.63, 3.8) is 0 Å². The molecule has 2 aromatic carbocycles. The van der Waals surface area contributed by atoms with Crippen molar-refractivity contribution in [1.29, 1.82) is 0 Å². The van der Waals surface area contributed by atoms with E-state index in [-0.39, 0.29) is 43.8 Å². The monoisotopic (exact) mass is 460 g/mol. The van der Waals surface area contributed by atoms with Gasteiger partial charge in [0.2, 0.25) is 0 Å². The number of alkyl halides is 3. The average Bonchev–Trinajstić information content (AvgIpc) is 3.62. The van der Waals surface area contributed by atoms with E-state index in [0.717, 1.165) is 25.0 Å². The van der Waals surface area contributed by atoms with Crippen LogP contribution >= 0.6 is 0 Å². The number of piperazine rings is 1. The van der Waals surface area contributed by atoms with E-state index in [0.29, 0.717) is 11.3 Å². The third-order valence-corrected chi connectivity index (χ3v) is 5.59. The van der Waals surface area contributed by atoms with Crippen LogP contribution in [0.2, 0.25) is 0 Å². The molecule has 2 N–H and O–H groups in total. The zero-order chi connectivity index (χ0) is 23.6. The van der Waals surface area contributed by atoms with Gasteiger partial charge < -0.3 is 20.4 Å². The standard InChI is InChI=1S/C23H23F3N4O3/c24-23(25,26)15-4-3-5-17(14-15)27-19-7-2-1-6-18(19)21(32)29-10-12-30(13-11-29)22(33)20(31)28-16-8-9-16/h1-7,14,16,27H,8-13H2,(H,28,31). The highest BCUT2D eigenvalue weighted by molar-refractivity contribution is 6.35. The van der Waals surface area contributed by atoms with Crippen LogP contribution in [0.3, 0.4) is 0 Å². The SMILES string of the molecule is O=C(NC1CC1)C(=O)N1CCN(C(=O)c2ccccc2Nc2cccc(C(F)(F)F)c2)CC1. The molecule has 33 heavy (non-hydrogen) atoms. The Labute approximate surface area is 188 Å². The Bertz CT molecular complexity index is 1060. The van der Waals surface area contributed by atoms with E-state index in [1.807, 2.05) is 0 Å². The van der Waals surface area contributed by atoms with Crippen LogP contribution in [-0.4, -0.2) is 59.7 Å². The Morgan fingerprint density at radius 2 is 1.55 bits per heavy atom. The first kappa shape index (κ1) is 22.6. The van der Waals surface area contributed by atoms with Crippen molar-refractivity contribution in [2.24, 2.45) is 0 Å². The smallest absolute Gasteiger partial charge is 0.355 e. The van der Waals surface area contributed by atoms with Crippen molar-refractivity contribution in [1.82, 2.24) is 15.1 Å². The number of hydrogen-bond acceptors (Lipinski definition) is 4. The fraction of sp³-hybridized carbons (Fsp3) is 0.348. The van der Waals surface area contributed by atoms with Gasteiger partial charge in [-0.2, -0.15) is 13.2 Å². The number of para-hydroxylation sites is 1. The third kappa shape index (κ3) is 5.44. The fourth-order valence-electron chi connectivity index (χ4n) is 3.61. The summed E-state index contributed by atoms with van der Waals surface area (Å²) in [5.74, 6) is -1.52. The van der Waals surface area contributed by atoms with Gasteiger partial charge in [-0.1, -0.05) is 18.2 Å². The van der Waals surface area contributed by atoms with E-state index in [1.54, 1.807) is 29.2 Å². The highest BCUT2D eigenvalue weighted by Gasteiger charge is 2.32. The van der Waals surface area contributed by atoms with Gasteiger partial charge in [-0.25, -0.2) is 0 Å². The molecular formula is C23H23F3N4O3. The van der Waals surface area contributed by atoms with Crippen molar-refractivity contribution in [3.05, 3.63) is 59.7 Å². The summed E-state index contributed by atoms with van der Waals surface area (Å²) < 4.78 is 39.1. The zero-order valence-electron chi connectivity index (χ0n) is 17.7. The Balaban J connectivity index is 1.41. The summed E-state index contributed by atoms with van der Waals surface area (Å²) in [6, 6.07) is 11.4. The molecule has 1 heterocycles. The second-order valence-electron chi connectivity index (χ2n) is 8.08. The fourth-order valence-corrected chi connectivity index (χ4v) is 3.61. The van der Waals surface area contributed by atoms with Gasteiger partial charge in [0.25, 0.3) is 5.91 Å². The maximum absolute atomic E-state index is 13.1. The molecule has 0 unspecified atom stereocenters. The predicted octanol–water partition coefficient (Wildman–Crippen LogP) is 3.01. The van der Waals surface area contributed by atoms with Crippen LogP contribution in [-0.2, 0) is 15.8 Å². The van der Waals surface area contributed by atoms with Crippen LogP contribution in [0, 0.1) is 0 Å². The summed E-state index contributed by atoms with van der Waals surface area (Å²) in [4.78, 5) is 40.4. The van der Waals surface area contributed by atoms with Crippen molar-refractivity contribution >= 4 is 29.1 Å². The molecule has 0 aromatic heterocycles. The van der Waals surface area contributed by atoms with Gasteiger partial charge in [0.05, 0.1) is 16.8 Å². The minimum Gasteiger partial charge on any atom is -0.355 e. The first-order chi connectivity index (χ1) is 15.7.